The van der Waals surface area contributed by atoms with E-state index in [1.165, 1.54) is 5.56 Å². The smallest absolute Gasteiger partial charge is 0.246 e. The second-order valence-corrected chi connectivity index (χ2v) is 8.35. The van der Waals surface area contributed by atoms with Crippen molar-refractivity contribution >= 4 is 33.5 Å². The van der Waals surface area contributed by atoms with E-state index in [4.69, 9.17) is 0 Å². The van der Waals surface area contributed by atoms with Gasteiger partial charge in [-0.2, -0.15) is 5.10 Å². The number of guanidine groups is 1. The van der Waals surface area contributed by atoms with Crippen LogP contribution in [0, 0.1) is 0 Å². The molecule has 8 heteroatoms. The van der Waals surface area contributed by atoms with E-state index < -0.39 is 0 Å². The Morgan fingerprint density at radius 3 is 2.71 bits per heavy atom. The maximum absolute atomic E-state index is 12.7. The summed E-state index contributed by atoms with van der Waals surface area (Å²) < 4.78 is 2.87. The molecule has 148 valence electrons. The summed E-state index contributed by atoms with van der Waals surface area (Å²) in [5.74, 6) is 0.853. The van der Waals surface area contributed by atoms with Gasteiger partial charge in [0.05, 0.1) is 11.9 Å². The van der Waals surface area contributed by atoms with Gasteiger partial charge in [0, 0.05) is 49.8 Å². The summed E-state index contributed by atoms with van der Waals surface area (Å²) in [7, 11) is 3.63. The number of hydrogen-bond acceptors (Lipinski definition) is 3. The lowest BCUT2D eigenvalue weighted by Gasteiger charge is -2.35. The highest BCUT2D eigenvalue weighted by Crippen LogP contribution is 2.49. The molecule has 1 aliphatic carbocycles. The standard InChI is InChI=1S/C20H25BrN6O/c1-22-19(23-14-20(7-8-20)16-5-3-4-6-17(16)21)26-9-10-27(18(28)13-26)15-11-24-25(2)12-15/h3-6,11-12H,7-10,13-14H2,1-2H3,(H,22,23). The Morgan fingerprint density at radius 1 is 1.32 bits per heavy atom. The number of nitrogens with zero attached hydrogens (tertiary/aromatic N) is 5. The van der Waals surface area contributed by atoms with Crippen molar-refractivity contribution in [3.63, 3.8) is 0 Å². The maximum Gasteiger partial charge on any atom is 0.246 e. The number of hydrogen-bond donors (Lipinski definition) is 1. The van der Waals surface area contributed by atoms with E-state index in [2.05, 4.69) is 49.5 Å². The zero-order valence-corrected chi connectivity index (χ0v) is 17.8. The molecule has 0 bridgehead atoms. The molecule has 2 aliphatic rings. The van der Waals surface area contributed by atoms with Crippen LogP contribution in [0.4, 0.5) is 5.69 Å². The van der Waals surface area contributed by atoms with E-state index in [0.717, 1.165) is 42.1 Å². The molecule has 2 fully saturated rings. The fourth-order valence-corrected chi connectivity index (χ4v) is 4.54. The van der Waals surface area contributed by atoms with Gasteiger partial charge in [0.15, 0.2) is 5.96 Å². The van der Waals surface area contributed by atoms with Gasteiger partial charge in [0.25, 0.3) is 0 Å². The van der Waals surface area contributed by atoms with Gasteiger partial charge in [-0.3, -0.25) is 14.5 Å². The molecule has 2 aromatic rings. The van der Waals surface area contributed by atoms with Crippen LogP contribution in [-0.4, -0.2) is 59.8 Å². The summed E-state index contributed by atoms with van der Waals surface area (Å²) in [6, 6.07) is 8.42. The molecule has 1 aromatic carbocycles. The Balaban J connectivity index is 1.39. The predicted molar refractivity (Wildman–Crippen MR) is 114 cm³/mol. The molecule has 0 atom stereocenters. The van der Waals surface area contributed by atoms with Gasteiger partial charge >= 0.3 is 0 Å². The van der Waals surface area contributed by atoms with Crippen LogP contribution in [0.1, 0.15) is 18.4 Å². The molecule has 1 saturated carbocycles. The summed E-state index contributed by atoms with van der Waals surface area (Å²) in [6.45, 7) is 2.50. The first kappa shape index (κ1) is 19.0. The Bertz CT molecular complexity index is 904. The third kappa shape index (κ3) is 3.65. The molecule has 28 heavy (non-hydrogen) atoms. The molecule has 1 amide bonds. The number of benzene rings is 1. The topological polar surface area (TPSA) is 65.8 Å². The van der Waals surface area contributed by atoms with Crippen LogP contribution in [0.25, 0.3) is 0 Å². The lowest BCUT2D eigenvalue weighted by molar-refractivity contribution is -0.120. The second-order valence-electron chi connectivity index (χ2n) is 7.50. The molecule has 7 nitrogen and oxygen atoms in total. The summed E-state index contributed by atoms with van der Waals surface area (Å²) >= 11 is 3.69. The monoisotopic (exact) mass is 444 g/mol. The molecular weight excluding hydrogens is 420 g/mol. The number of halogens is 1. The van der Waals surface area contributed by atoms with E-state index in [0.29, 0.717) is 13.1 Å². The van der Waals surface area contributed by atoms with E-state index in [9.17, 15) is 4.79 Å². The minimum atomic E-state index is 0.0640. The summed E-state index contributed by atoms with van der Waals surface area (Å²) in [5.41, 5.74) is 2.34. The molecular formula is C20H25BrN6O. The first-order chi connectivity index (χ1) is 13.5. The first-order valence-corrected chi connectivity index (χ1v) is 10.3. The Labute approximate surface area is 173 Å². The van der Waals surface area contributed by atoms with Crippen LogP contribution >= 0.6 is 15.9 Å². The van der Waals surface area contributed by atoms with Crippen molar-refractivity contribution in [3.05, 3.63) is 46.7 Å². The van der Waals surface area contributed by atoms with Crippen molar-refractivity contribution < 1.29 is 4.79 Å². The van der Waals surface area contributed by atoms with Crippen molar-refractivity contribution in [1.82, 2.24) is 20.0 Å². The van der Waals surface area contributed by atoms with E-state index in [1.807, 2.05) is 24.2 Å². The number of aryl methyl sites for hydroxylation is 1. The number of amides is 1. The van der Waals surface area contributed by atoms with Crippen LogP contribution < -0.4 is 10.2 Å². The predicted octanol–water partition coefficient (Wildman–Crippen LogP) is 2.14. The SMILES string of the molecule is CN=C(NCC1(c2ccccc2Br)CC1)N1CCN(c2cnn(C)c2)C(=O)C1. The van der Waals surface area contributed by atoms with Crippen molar-refractivity contribution in [1.29, 1.82) is 0 Å². The summed E-state index contributed by atoms with van der Waals surface area (Å²) in [4.78, 5) is 20.9. The number of rotatable bonds is 4. The quantitative estimate of drug-likeness (QED) is 0.579. The van der Waals surface area contributed by atoms with Gasteiger partial charge in [-0.15, -0.1) is 0 Å². The van der Waals surface area contributed by atoms with Crippen LogP contribution in [0.5, 0.6) is 0 Å². The summed E-state index contributed by atoms with van der Waals surface area (Å²) in [5, 5.41) is 7.68. The van der Waals surface area contributed by atoms with Gasteiger partial charge in [0.1, 0.15) is 6.54 Å². The average Bonchev–Trinajstić information content (AvgIpc) is 3.35. The molecule has 1 N–H and O–H groups in total. The Morgan fingerprint density at radius 2 is 2.11 bits per heavy atom. The fraction of sp³-hybridized carbons (Fsp3) is 0.450. The Kier molecular flexibility index (Phi) is 5.14. The van der Waals surface area contributed by atoms with Crippen molar-refractivity contribution in [2.75, 3.05) is 38.1 Å². The highest BCUT2D eigenvalue weighted by molar-refractivity contribution is 9.10. The third-order valence-corrected chi connectivity index (χ3v) is 6.31. The molecule has 2 heterocycles. The van der Waals surface area contributed by atoms with Gasteiger partial charge in [-0.1, -0.05) is 34.1 Å². The second kappa shape index (κ2) is 7.58. The van der Waals surface area contributed by atoms with Crippen LogP contribution in [-0.2, 0) is 17.3 Å². The van der Waals surface area contributed by atoms with Gasteiger partial charge in [0.2, 0.25) is 5.91 Å². The number of nitrogens with one attached hydrogen (secondary N) is 1. The maximum atomic E-state index is 12.7. The normalized spacial score (nSPS) is 19.1. The molecule has 0 unspecified atom stereocenters. The van der Waals surface area contributed by atoms with Crippen molar-refractivity contribution in [2.24, 2.45) is 12.0 Å². The largest absolute Gasteiger partial charge is 0.355 e. The van der Waals surface area contributed by atoms with Crippen LogP contribution in [0.3, 0.4) is 0 Å². The number of carbonyl (C=O) groups excluding carboxylic acids is 1. The van der Waals surface area contributed by atoms with Crippen LogP contribution in [0.2, 0.25) is 0 Å². The number of aromatic nitrogens is 2. The highest BCUT2D eigenvalue weighted by Gasteiger charge is 2.45. The number of carbonyl (C=O) groups is 1. The lowest BCUT2D eigenvalue weighted by Crippen LogP contribution is -2.56. The van der Waals surface area contributed by atoms with Gasteiger partial charge < -0.3 is 15.1 Å². The lowest BCUT2D eigenvalue weighted by atomic mass is 9.96. The summed E-state index contributed by atoms with van der Waals surface area (Å²) in [6.07, 6.45) is 5.92. The van der Waals surface area contributed by atoms with E-state index in [1.54, 1.807) is 22.8 Å². The molecule has 0 spiro atoms. The van der Waals surface area contributed by atoms with Crippen LogP contribution in [0.15, 0.2) is 46.1 Å². The Hall–Kier alpha value is -2.35. The number of aliphatic imine (C=N–C) groups is 1. The van der Waals surface area contributed by atoms with Gasteiger partial charge in [-0.25, -0.2) is 0 Å². The van der Waals surface area contributed by atoms with Crippen molar-refractivity contribution in [2.45, 2.75) is 18.3 Å². The number of anilines is 1. The van der Waals surface area contributed by atoms with Gasteiger partial charge in [-0.05, 0) is 24.5 Å². The zero-order valence-electron chi connectivity index (χ0n) is 16.2. The highest BCUT2D eigenvalue weighted by atomic mass is 79.9. The van der Waals surface area contributed by atoms with E-state index in [-0.39, 0.29) is 11.3 Å². The third-order valence-electron chi connectivity index (χ3n) is 5.62. The molecule has 0 radical (unpaired) electrons. The fourth-order valence-electron chi connectivity index (χ4n) is 3.84. The molecule has 1 aromatic heterocycles. The first-order valence-electron chi connectivity index (χ1n) is 9.52. The molecule has 1 saturated heterocycles. The zero-order chi connectivity index (χ0) is 19.7. The van der Waals surface area contributed by atoms with E-state index >= 15 is 0 Å². The minimum Gasteiger partial charge on any atom is -0.355 e. The number of piperazine rings is 1. The molecule has 1 aliphatic heterocycles. The van der Waals surface area contributed by atoms with Crippen molar-refractivity contribution in [3.8, 4) is 0 Å². The minimum absolute atomic E-state index is 0.0640. The molecule has 4 rings (SSSR count). The average molecular weight is 445 g/mol.